The number of nitrogens with zero attached hydrogens (tertiary/aromatic N) is 2. The highest BCUT2D eigenvalue weighted by Gasteiger charge is 2.08. The van der Waals surface area contributed by atoms with Crippen molar-refractivity contribution in [2.24, 2.45) is 5.73 Å². The first kappa shape index (κ1) is 11.2. The van der Waals surface area contributed by atoms with Gasteiger partial charge in [0.05, 0.1) is 6.54 Å². The fraction of sp³-hybridized carbons (Fsp3) is 0.273. The standard InChI is InChI=1S/C11H13N3OS/c1-7-5-8(3-4-9(7)16-2)11-13-10(6-12)15-14-11/h3-5H,6,12H2,1-2H3. The molecule has 1 aromatic carbocycles. The lowest BCUT2D eigenvalue weighted by Gasteiger charge is -2.02. The van der Waals surface area contributed by atoms with Crippen molar-refractivity contribution in [1.29, 1.82) is 0 Å². The minimum absolute atomic E-state index is 0.273. The van der Waals surface area contributed by atoms with E-state index in [1.165, 1.54) is 10.5 Å². The fourth-order valence-corrected chi connectivity index (χ4v) is 2.06. The lowest BCUT2D eigenvalue weighted by atomic mass is 10.1. The van der Waals surface area contributed by atoms with E-state index in [1.807, 2.05) is 6.07 Å². The Morgan fingerprint density at radius 3 is 2.81 bits per heavy atom. The molecule has 0 aliphatic rings. The van der Waals surface area contributed by atoms with E-state index in [4.69, 9.17) is 10.3 Å². The molecular formula is C11H13N3OS. The van der Waals surface area contributed by atoms with E-state index in [2.05, 4.69) is 35.5 Å². The zero-order chi connectivity index (χ0) is 11.5. The predicted octanol–water partition coefficient (Wildman–Crippen LogP) is 2.23. The molecule has 0 radical (unpaired) electrons. The Balaban J connectivity index is 2.37. The average Bonchev–Trinajstić information content (AvgIpc) is 2.77. The number of aryl methyl sites for hydroxylation is 1. The van der Waals surface area contributed by atoms with Crippen molar-refractivity contribution < 1.29 is 4.52 Å². The molecule has 2 N–H and O–H groups in total. The van der Waals surface area contributed by atoms with E-state index in [0.29, 0.717) is 11.7 Å². The second-order valence-corrected chi connectivity index (χ2v) is 4.25. The number of thioether (sulfide) groups is 1. The quantitative estimate of drug-likeness (QED) is 0.826. The van der Waals surface area contributed by atoms with Crippen molar-refractivity contribution in [3.63, 3.8) is 0 Å². The number of rotatable bonds is 3. The lowest BCUT2D eigenvalue weighted by molar-refractivity contribution is 0.380. The van der Waals surface area contributed by atoms with Gasteiger partial charge in [-0.2, -0.15) is 4.98 Å². The van der Waals surface area contributed by atoms with Crippen LogP contribution in [0.25, 0.3) is 11.4 Å². The molecule has 1 heterocycles. The van der Waals surface area contributed by atoms with Gasteiger partial charge in [0.2, 0.25) is 11.7 Å². The Labute approximate surface area is 98.2 Å². The summed E-state index contributed by atoms with van der Waals surface area (Å²) in [6.07, 6.45) is 2.06. The summed E-state index contributed by atoms with van der Waals surface area (Å²) in [7, 11) is 0. The van der Waals surface area contributed by atoms with Crippen molar-refractivity contribution in [1.82, 2.24) is 10.1 Å². The van der Waals surface area contributed by atoms with E-state index in [1.54, 1.807) is 11.8 Å². The van der Waals surface area contributed by atoms with Crippen LogP contribution in [0, 0.1) is 6.92 Å². The van der Waals surface area contributed by atoms with Crippen LogP contribution in [0.5, 0.6) is 0 Å². The molecule has 0 aliphatic carbocycles. The van der Waals surface area contributed by atoms with Gasteiger partial charge in [-0.25, -0.2) is 0 Å². The van der Waals surface area contributed by atoms with Gasteiger partial charge in [0.25, 0.3) is 0 Å². The molecule has 0 saturated carbocycles. The maximum Gasteiger partial charge on any atom is 0.240 e. The van der Waals surface area contributed by atoms with Gasteiger partial charge in [-0.3, -0.25) is 0 Å². The van der Waals surface area contributed by atoms with Gasteiger partial charge in [-0.05, 0) is 36.9 Å². The highest BCUT2D eigenvalue weighted by atomic mass is 32.2. The number of hydrogen-bond acceptors (Lipinski definition) is 5. The topological polar surface area (TPSA) is 64.9 Å². The van der Waals surface area contributed by atoms with E-state index in [0.717, 1.165) is 5.56 Å². The highest BCUT2D eigenvalue weighted by Crippen LogP contribution is 2.24. The molecule has 16 heavy (non-hydrogen) atoms. The normalized spacial score (nSPS) is 10.7. The van der Waals surface area contributed by atoms with Crippen LogP contribution in [0.1, 0.15) is 11.5 Å². The van der Waals surface area contributed by atoms with Crippen LogP contribution in [0.4, 0.5) is 0 Å². The molecule has 5 heteroatoms. The van der Waals surface area contributed by atoms with Crippen molar-refractivity contribution >= 4 is 11.8 Å². The molecule has 0 amide bonds. The summed E-state index contributed by atoms with van der Waals surface area (Å²) in [5, 5.41) is 3.88. The summed E-state index contributed by atoms with van der Waals surface area (Å²) in [5.41, 5.74) is 7.59. The molecule has 0 spiro atoms. The van der Waals surface area contributed by atoms with E-state index in [-0.39, 0.29) is 6.54 Å². The number of benzene rings is 1. The summed E-state index contributed by atoms with van der Waals surface area (Å²) in [6, 6.07) is 6.11. The van der Waals surface area contributed by atoms with Crippen molar-refractivity contribution in [2.75, 3.05) is 6.26 Å². The van der Waals surface area contributed by atoms with E-state index < -0.39 is 0 Å². The Hall–Kier alpha value is -1.33. The molecule has 0 saturated heterocycles. The molecule has 0 fully saturated rings. The predicted molar refractivity (Wildman–Crippen MR) is 64.1 cm³/mol. The average molecular weight is 235 g/mol. The monoisotopic (exact) mass is 235 g/mol. The minimum Gasteiger partial charge on any atom is -0.338 e. The van der Waals surface area contributed by atoms with E-state index in [9.17, 15) is 0 Å². The van der Waals surface area contributed by atoms with Crippen LogP contribution in [-0.4, -0.2) is 16.4 Å². The van der Waals surface area contributed by atoms with Gasteiger partial charge >= 0.3 is 0 Å². The van der Waals surface area contributed by atoms with Crippen LogP contribution in [0.2, 0.25) is 0 Å². The Morgan fingerprint density at radius 2 is 2.25 bits per heavy atom. The van der Waals surface area contributed by atoms with Gasteiger partial charge in [-0.15, -0.1) is 11.8 Å². The summed E-state index contributed by atoms with van der Waals surface area (Å²) in [5.74, 6) is 1.05. The first-order valence-electron chi connectivity index (χ1n) is 4.92. The first-order chi connectivity index (χ1) is 7.74. The van der Waals surface area contributed by atoms with Crippen molar-refractivity contribution in [2.45, 2.75) is 18.4 Å². The van der Waals surface area contributed by atoms with Gasteiger partial charge in [0, 0.05) is 10.5 Å². The Kier molecular flexibility index (Phi) is 3.26. The van der Waals surface area contributed by atoms with Crippen LogP contribution in [-0.2, 0) is 6.54 Å². The van der Waals surface area contributed by atoms with Gasteiger partial charge in [0.1, 0.15) is 0 Å². The van der Waals surface area contributed by atoms with Crippen LogP contribution < -0.4 is 5.73 Å². The number of hydrogen-bond donors (Lipinski definition) is 1. The number of aromatic nitrogens is 2. The third-order valence-corrected chi connectivity index (χ3v) is 3.19. The zero-order valence-electron chi connectivity index (χ0n) is 9.23. The summed E-state index contributed by atoms with van der Waals surface area (Å²) in [4.78, 5) is 5.44. The Morgan fingerprint density at radius 1 is 1.44 bits per heavy atom. The first-order valence-corrected chi connectivity index (χ1v) is 6.14. The third kappa shape index (κ3) is 2.10. The molecule has 2 rings (SSSR count). The summed E-state index contributed by atoms with van der Waals surface area (Å²) < 4.78 is 4.97. The highest BCUT2D eigenvalue weighted by molar-refractivity contribution is 7.98. The molecule has 0 bridgehead atoms. The third-order valence-electron chi connectivity index (χ3n) is 2.30. The zero-order valence-corrected chi connectivity index (χ0v) is 10.0. The van der Waals surface area contributed by atoms with Gasteiger partial charge in [-0.1, -0.05) is 5.16 Å². The van der Waals surface area contributed by atoms with E-state index >= 15 is 0 Å². The molecule has 2 aromatic rings. The van der Waals surface area contributed by atoms with Crippen LogP contribution in [0.3, 0.4) is 0 Å². The lowest BCUT2D eigenvalue weighted by Crippen LogP contribution is -1.95. The number of nitrogens with two attached hydrogens (primary N) is 1. The second kappa shape index (κ2) is 4.67. The fourth-order valence-electron chi connectivity index (χ4n) is 1.47. The van der Waals surface area contributed by atoms with Crippen molar-refractivity contribution in [3.8, 4) is 11.4 Å². The van der Waals surface area contributed by atoms with Crippen LogP contribution in [0.15, 0.2) is 27.6 Å². The van der Waals surface area contributed by atoms with Crippen LogP contribution >= 0.6 is 11.8 Å². The molecule has 0 atom stereocenters. The van der Waals surface area contributed by atoms with Crippen molar-refractivity contribution in [3.05, 3.63) is 29.7 Å². The largest absolute Gasteiger partial charge is 0.338 e. The maximum absolute atomic E-state index is 5.42. The summed E-state index contributed by atoms with van der Waals surface area (Å²) >= 11 is 1.72. The maximum atomic E-state index is 5.42. The minimum atomic E-state index is 0.273. The molecule has 0 aliphatic heterocycles. The SMILES string of the molecule is CSc1ccc(-c2noc(CN)n2)cc1C. The smallest absolute Gasteiger partial charge is 0.240 e. The Bertz CT molecular complexity index is 496. The second-order valence-electron chi connectivity index (χ2n) is 3.40. The van der Waals surface area contributed by atoms with Gasteiger partial charge in [0.15, 0.2) is 0 Å². The molecular weight excluding hydrogens is 222 g/mol. The molecule has 84 valence electrons. The van der Waals surface area contributed by atoms with Gasteiger partial charge < -0.3 is 10.3 Å². The molecule has 4 nitrogen and oxygen atoms in total. The molecule has 0 unspecified atom stereocenters. The molecule has 1 aromatic heterocycles. The summed E-state index contributed by atoms with van der Waals surface area (Å²) in [6.45, 7) is 2.34.